The summed E-state index contributed by atoms with van der Waals surface area (Å²) in [6.07, 6.45) is 1.25. The van der Waals surface area contributed by atoms with Gasteiger partial charge in [-0.05, 0) is 49.1 Å². The second kappa shape index (κ2) is 7.19. The van der Waals surface area contributed by atoms with E-state index in [-0.39, 0.29) is 11.7 Å². The molecule has 0 radical (unpaired) electrons. The molecule has 0 unspecified atom stereocenters. The molecule has 0 spiro atoms. The Morgan fingerprint density at radius 3 is 2.44 bits per heavy atom. The number of ketones is 1. The van der Waals surface area contributed by atoms with Gasteiger partial charge in [-0.25, -0.2) is 9.97 Å². The average Bonchev–Trinajstić information content (AvgIpc) is 2.68. The van der Waals surface area contributed by atoms with E-state index >= 15 is 0 Å². The van der Waals surface area contributed by atoms with Crippen LogP contribution in [0.25, 0.3) is 0 Å². The fourth-order valence-electron chi connectivity index (χ4n) is 3.59. The first-order valence-corrected chi connectivity index (χ1v) is 9.01. The number of fused-ring (bicyclic) bond motifs is 1. The maximum atomic E-state index is 12.7. The predicted molar refractivity (Wildman–Crippen MR) is 105 cm³/mol. The molecule has 0 amide bonds. The van der Waals surface area contributed by atoms with E-state index in [0.717, 1.165) is 29.2 Å². The number of carbonyl (C=O) groups excluding carboxylic acids is 1. The Kier molecular flexibility index (Phi) is 4.59. The summed E-state index contributed by atoms with van der Waals surface area (Å²) in [4.78, 5) is 21.9. The number of nitrogens with zero attached hydrogens (tertiary/aromatic N) is 2. The van der Waals surface area contributed by atoms with Crippen LogP contribution in [-0.2, 0) is 6.42 Å². The third-order valence-electron chi connectivity index (χ3n) is 4.93. The molecule has 1 atom stereocenters. The molecule has 1 heterocycles. The van der Waals surface area contributed by atoms with Gasteiger partial charge in [0.15, 0.2) is 5.78 Å². The highest BCUT2D eigenvalue weighted by Crippen LogP contribution is 2.33. The van der Waals surface area contributed by atoms with Crippen LogP contribution in [0.1, 0.15) is 39.6 Å². The van der Waals surface area contributed by atoms with E-state index in [1.807, 2.05) is 49.4 Å². The highest BCUT2D eigenvalue weighted by atomic mass is 16.5. The van der Waals surface area contributed by atoms with Crippen molar-refractivity contribution in [2.75, 3.05) is 12.4 Å². The third-order valence-corrected chi connectivity index (χ3v) is 4.93. The van der Waals surface area contributed by atoms with Crippen LogP contribution in [-0.4, -0.2) is 22.9 Å². The van der Waals surface area contributed by atoms with Crippen molar-refractivity contribution in [1.82, 2.24) is 9.97 Å². The van der Waals surface area contributed by atoms with Crippen molar-refractivity contribution in [3.05, 3.63) is 77.1 Å². The molecule has 4 rings (SSSR count). The molecule has 1 aliphatic rings. The molecule has 1 N–H and O–H groups in total. The maximum Gasteiger partial charge on any atom is 0.227 e. The minimum atomic E-state index is 0.124. The van der Waals surface area contributed by atoms with Crippen molar-refractivity contribution in [2.45, 2.75) is 25.7 Å². The number of hydrogen-bond acceptors (Lipinski definition) is 5. The monoisotopic (exact) mass is 359 g/mol. The molecule has 1 aliphatic carbocycles. The van der Waals surface area contributed by atoms with Gasteiger partial charge in [-0.2, -0.15) is 0 Å². The zero-order valence-corrected chi connectivity index (χ0v) is 15.4. The molecule has 0 fully saturated rings. The Bertz CT molecular complexity index is 969. The largest absolute Gasteiger partial charge is 0.497 e. The highest BCUT2D eigenvalue weighted by molar-refractivity contribution is 5.99. The molecule has 2 aromatic carbocycles. The second-order valence-corrected chi connectivity index (χ2v) is 6.75. The van der Waals surface area contributed by atoms with E-state index in [1.165, 1.54) is 5.56 Å². The van der Waals surface area contributed by atoms with E-state index in [4.69, 9.17) is 4.74 Å². The normalized spacial score (nSPS) is 15.9. The summed E-state index contributed by atoms with van der Waals surface area (Å²) in [5.41, 5.74) is 4.29. The van der Waals surface area contributed by atoms with Gasteiger partial charge in [0.2, 0.25) is 5.95 Å². The van der Waals surface area contributed by atoms with Crippen LogP contribution in [0, 0.1) is 6.92 Å². The number of Topliss-reactive ketones (excluding diaryl/α,β-unsaturated/α-hetero) is 1. The lowest BCUT2D eigenvalue weighted by molar-refractivity contribution is 0.0962. The van der Waals surface area contributed by atoms with E-state index < -0.39 is 0 Å². The summed E-state index contributed by atoms with van der Waals surface area (Å²) in [6, 6.07) is 17.7. The number of nitrogens with one attached hydrogen (secondary N) is 1. The zero-order chi connectivity index (χ0) is 18.8. The Hall–Kier alpha value is -3.21. The molecular formula is C22H21N3O2. The van der Waals surface area contributed by atoms with Gasteiger partial charge in [-0.3, -0.25) is 4.79 Å². The Balaban J connectivity index is 1.63. The minimum absolute atomic E-state index is 0.124. The number of ether oxygens (including phenoxy) is 1. The van der Waals surface area contributed by atoms with Gasteiger partial charge in [-0.1, -0.05) is 30.3 Å². The van der Waals surface area contributed by atoms with Gasteiger partial charge < -0.3 is 10.1 Å². The summed E-state index contributed by atoms with van der Waals surface area (Å²) in [5.74, 6) is 1.59. The predicted octanol–water partition coefficient (Wildman–Crippen LogP) is 4.45. The van der Waals surface area contributed by atoms with Gasteiger partial charge >= 0.3 is 0 Å². The fourth-order valence-corrected chi connectivity index (χ4v) is 3.59. The van der Waals surface area contributed by atoms with Gasteiger partial charge in [0, 0.05) is 12.1 Å². The lowest BCUT2D eigenvalue weighted by Crippen LogP contribution is -2.22. The first-order valence-electron chi connectivity index (χ1n) is 9.01. The maximum absolute atomic E-state index is 12.7. The van der Waals surface area contributed by atoms with Crippen molar-refractivity contribution in [3.63, 3.8) is 0 Å². The summed E-state index contributed by atoms with van der Waals surface area (Å²) in [5, 5.41) is 3.23. The van der Waals surface area contributed by atoms with E-state index in [9.17, 15) is 4.79 Å². The van der Waals surface area contributed by atoms with Gasteiger partial charge in [-0.15, -0.1) is 0 Å². The lowest BCUT2D eigenvalue weighted by Gasteiger charge is -2.24. The SMILES string of the molecule is COc1ccc(Nc2nc(C)c3c(n2)C[C@H](c2ccccc2)CC3=O)cc1. The van der Waals surface area contributed by atoms with Crippen LogP contribution in [0.15, 0.2) is 54.6 Å². The fraction of sp³-hybridized carbons (Fsp3) is 0.227. The zero-order valence-electron chi connectivity index (χ0n) is 15.4. The molecular weight excluding hydrogens is 338 g/mol. The van der Waals surface area contributed by atoms with E-state index in [0.29, 0.717) is 17.9 Å². The molecule has 136 valence electrons. The molecule has 0 saturated carbocycles. The molecule has 5 nitrogen and oxygen atoms in total. The molecule has 5 heteroatoms. The first kappa shape index (κ1) is 17.2. The van der Waals surface area contributed by atoms with Crippen molar-refractivity contribution >= 4 is 17.4 Å². The summed E-state index contributed by atoms with van der Waals surface area (Å²) in [6.45, 7) is 1.88. The average molecular weight is 359 g/mol. The number of aromatic nitrogens is 2. The van der Waals surface area contributed by atoms with Crippen LogP contribution in [0.5, 0.6) is 5.75 Å². The molecule has 1 aromatic heterocycles. The van der Waals surface area contributed by atoms with E-state index in [2.05, 4.69) is 27.4 Å². The second-order valence-electron chi connectivity index (χ2n) is 6.75. The topological polar surface area (TPSA) is 64.1 Å². The Morgan fingerprint density at radius 1 is 1.00 bits per heavy atom. The summed E-state index contributed by atoms with van der Waals surface area (Å²) in [7, 11) is 1.64. The van der Waals surface area contributed by atoms with Crippen LogP contribution < -0.4 is 10.1 Å². The third kappa shape index (κ3) is 3.53. The van der Waals surface area contributed by atoms with Gasteiger partial charge in [0.25, 0.3) is 0 Å². The number of carbonyl (C=O) groups is 1. The number of benzene rings is 2. The number of hydrogen-bond donors (Lipinski definition) is 1. The molecule has 27 heavy (non-hydrogen) atoms. The minimum Gasteiger partial charge on any atom is -0.497 e. The first-order chi connectivity index (χ1) is 13.1. The number of rotatable bonds is 4. The van der Waals surface area contributed by atoms with Crippen molar-refractivity contribution in [3.8, 4) is 5.75 Å². The number of methoxy groups -OCH3 is 1. The van der Waals surface area contributed by atoms with Crippen LogP contribution in [0.2, 0.25) is 0 Å². The van der Waals surface area contributed by atoms with Gasteiger partial charge in [0.05, 0.1) is 24.1 Å². The van der Waals surface area contributed by atoms with Crippen LogP contribution in [0.3, 0.4) is 0 Å². The molecule has 0 aliphatic heterocycles. The smallest absolute Gasteiger partial charge is 0.227 e. The van der Waals surface area contributed by atoms with Crippen LogP contribution >= 0.6 is 0 Å². The lowest BCUT2D eigenvalue weighted by atomic mass is 9.81. The summed E-state index contributed by atoms with van der Waals surface area (Å²) < 4.78 is 5.18. The number of anilines is 2. The van der Waals surface area contributed by atoms with Crippen molar-refractivity contribution < 1.29 is 9.53 Å². The number of aryl methyl sites for hydroxylation is 1. The highest BCUT2D eigenvalue weighted by Gasteiger charge is 2.29. The van der Waals surface area contributed by atoms with Crippen molar-refractivity contribution in [2.24, 2.45) is 0 Å². The standard InChI is InChI=1S/C22H21N3O2/c1-14-21-19(12-16(13-20(21)26)15-6-4-3-5-7-15)25-22(23-14)24-17-8-10-18(27-2)11-9-17/h3-11,16H,12-13H2,1-2H3,(H,23,24,25)/t16-/m0/s1. The van der Waals surface area contributed by atoms with Crippen LogP contribution in [0.4, 0.5) is 11.6 Å². The van der Waals surface area contributed by atoms with Crippen molar-refractivity contribution in [1.29, 1.82) is 0 Å². The molecule has 3 aromatic rings. The Labute approximate surface area is 158 Å². The summed E-state index contributed by atoms with van der Waals surface area (Å²) >= 11 is 0. The van der Waals surface area contributed by atoms with Gasteiger partial charge in [0.1, 0.15) is 5.75 Å². The molecule has 0 saturated heterocycles. The molecule has 0 bridgehead atoms. The van der Waals surface area contributed by atoms with E-state index in [1.54, 1.807) is 7.11 Å². The quantitative estimate of drug-likeness (QED) is 0.745. The Morgan fingerprint density at radius 2 is 1.74 bits per heavy atom.